The zero-order valence-electron chi connectivity index (χ0n) is 9.08. The van der Waals surface area contributed by atoms with E-state index in [1.54, 1.807) is 0 Å². The normalized spacial score (nSPS) is 10.0. The molecule has 0 saturated heterocycles. The summed E-state index contributed by atoms with van der Waals surface area (Å²) in [5, 5.41) is 23.2. The Morgan fingerprint density at radius 2 is 2.28 bits per heavy atom. The van der Waals surface area contributed by atoms with E-state index in [4.69, 9.17) is 5.26 Å². The molecule has 0 radical (unpaired) electrons. The van der Waals surface area contributed by atoms with Crippen molar-refractivity contribution >= 4 is 5.82 Å². The summed E-state index contributed by atoms with van der Waals surface area (Å²) < 4.78 is 14.6. The molecule has 0 fully saturated rings. The maximum Gasteiger partial charge on any atom is 0.345 e. The summed E-state index contributed by atoms with van der Waals surface area (Å²) >= 11 is 0. The first-order chi connectivity index (χ1) is 8.61. The standard InChI is InChI=1S/C11H7FN4O2/c12-10-2-1-8(6-13)5-9(10)7-15-11(16(17)18)3-4-14-15/h1-5H,7H2. The van der Waals surface area contributed by atoms with Crippen LogP contribution in [0.2, 0.25) is 0 Å². The molecule has 2 aromatic rings. The first kappa shape index (κ1) is 11.7. The van der Waals surface area contributed by atoms with Gasteiger partial charge in [-0.2, -0.15) is 5.26 Å². The van der Waals surface area contributed by atoms with Gasteiger partial charge in [-0.05, 0) is 23.1 Å². The van der Waals surface area contributed by atoms with Gasteiger partial charge in [-0.3, -0.25) is 0 Å². The molecule has 2 rings (SSSR count). The van der Waals surface area contributed by atoms with Crippen LogP contribution in [0.1, 0.15) is 11.1 Å². The van der Waals surface area contributed by atoms with E-state index in [0.29, 0.717) is 5.56 Å². The van der Waals surface area contributed by atoms with E-state index in [9.17, 15) is 14.5 Å². The number of hydrogen-bond donors (Lipinski definition) is 0. The maximum absolute atomic E-state index is 13.5. The molecule has 0 spiro atoms. The van der Waals surface area contributed by atoms with Gasteiger partial charge in [0, 0.05) is 5.56 Å². The van der Waals surface area contributed by atoms with Crippen molar-refractivity contribution < 1.29 is 9.31 Å². The number of nitrogens with zero attached hydrogens (tertiary/aromatic N) is 4. The largest absolute Gasteiger partial charge is 0.358 e. The van der Waals surface area contributed by atoms with E-state index in [0.717, 1.165) is 10.7 Å². The number of aromatic nitrogens is 2. The van der Waals surface area contributed by atoms with Gasteiger partial charge in [0.1, 0.15) is 12.4 Å². The molecule has 0 amide bonds. The number of benzene rings is 1. The maximum atomic E-state index is 13.5. The molecule has 90 valence electrons. The quantitative estimate of drug-likeness (QED) is 0.611. The Labute approximate surface area is 101 Å². The summed E-state index contributed by atoms with van der Waals surface area (Å²) in [5.41, 5.74) is 0.474. The molecule has 0 aliphatic rings. The van der Waals surface area contributed by atoms with Crippen molar-refractivity contribution in [2.45, 2.75) is 6.54 Å². The van der Waals surface area contributed by atoms with Gasteiger partial charge < -0.3 is 10.1 Å². The van der Waals surface area contributed by atoms with Crippen molar-refractivity contribution in [1.82, 2.24) is 9.78 Å². The van der Waals surface area contributed by atoms with Crippen molar-refractivity contribution in [3.63, 3.8) is 0 Å². The van der Waals surface area contributed by atoms with E-state index < -0.39 is 10.7 Å². The molecule has 0 aliphatic carbocycles. The fourth-order valence-electron chi connectivity index (χ4n) is 1.53. The van der Waals surface area contributed by atoms with Crippen molar-refractivity contribution in [2.75, 3.05) is 0 Å². The summed E-state index contributed by atoms with van der Waals surface area (Å²) in [4.78, 5) is 10.1. The second-order valence-corrected chi connectivity index (χ2v) is 3.52. The van der Waals surface area contributed by atoms with Crippen LogP contribution < -0.4 is 0 Å². The molecule has 18 heavy (non-hydrogen) atoms. The van der Waals surface area contributed by atoms with Gasteiger partial charge in [0.2, 0.25) is 0 Å². The molecule has 6 nitrogen and oxygen atoms in total. The highest BCUT2D eigenvalue weighted by Gasteiger charge is 2.16. The summed E-state index contributed by atoms with van der Waals surface area (Å²) in [6.45, 7) is -0.0926. The molecule has 0 aliphatic heterocycles. The minimum Gasteiger partial charge on any atom is -0.358 e. The zero-order valence-corrected chi connectivity index (χ0v) is 9.08. The van der Waals surface area contributed by atoms with Gasteiger partial charge in [-0.1, -0.05) is 5.10 Å². The minimum atomic E-state index is -0.598. The fraction of sp³-hybridized carbons (Fsp3) is 0.0909. The third-order valence-electron chi connectivity index (χ3n) is 2.38. The van der Waals surface area contributed by atoms with Crippen LogP contribution in [0.3, 0.4) is 0 Å². The molecule has 1 heterocycles. The topological polar surface area (TPSA) is 84.8 Å². The average Bonchev–Trinajstić information content (AvgIpc) is 2.80. The molecule has 1 aromatic carbocycles. The minimum absolute atomic E-state index is 0.0926. The van der Waals surface area contributed by atoms with Crippen molar-refractivity contribution in [3.05, 3.63) is 57.5 Å². The molecule has 0 unspecified atom stereocenters. The third-order valence-corrected chi connectivity index (χ3v) is 2.38. The molecular weight excluding hydrogens is 239 g/mol. The summed E-state index contributed by atoms with van der Waals surface area (Å²) in [5.74, 6) is -0.754. The second kappa shape index (κ2) is 4.63. The van der Waals surface area contributed by atoms with Crippen molar-refractivity contribution in [1.29, 1.82) is 5.26 Å². The predicted molar refractivity (Wildman–Crippen MR) is 59.1 cm³/mol. The SMILES string of the molecule is N#Cc1ccc(F)c(Cn2nccc2[N+](=O)[O-])c1. The Balaban J connectivity index is 2.37. The molecule has 0 saturated carbocycles. The Bertz CT molecular complexity index is 645. The van der Waals surface area contributed by atoms with E-state index in [2.05, 4.69) is 5.10 Å². The van der Waals surface area contributed by atoms with Gasteiger partial charge in [0.15, 0.2) is 0 Å². The van der Waals surface area contributed by atoms with Crippen LogP contribution >= 0.6 is 0 Å². The molecule has 0 N–H and O–H groups in total. The first-order valence-electron chi connectivity index (χ1n) is 4.96. The molecule has 1 aromatic heterocycles. The first-order valence-corrected chi connectivity index (χ1v) is 4.96. The van der Waals surface area contributed by atoms with Crippen LogP contribution in [0.25, 0.3) is 0 Å². The van der Waals surface area contributed by atoms with Crippen LogP contribution in [0.15, 0.2) is 30.5 Å². The third kappa shape index (κ3) is 2.17. The molecular formula is C11H7FN4O2. The van der Waals surface area contributed by atoms with Gasteiger partial charge in [-0.25, -0.2) is 4.39 Å². The van der Waals surface area contributed by atoms with Crippen LogP contribution in [-0.4, -0.2) is 14.7 Å². The average molecular weight is 246 g/mol. The monoisotopic (exact) mass is 246 g/mol. The fourth-order valence-corrected chi connectivity index (χ4v) is 1.53. The molecule has 7 heteroatoms. The van der Waals surface area contributed by atoms with Gasteiger partial charge in [0.05, 0.1) is 23.9 Å². The summed E-state index contributed by atoms with van der Waals surface area (Å²) in [6, 6.07) is 6.96. The lowest BCUT2D eigenvalue weighted by Crippen LogP contribution is -2.07. The number of nitro groups is 1. The van der Waals surface area contributed by atoms with Gasteiger partial charge in [0.25, 0.3) is 0 Å². The highest BCUT2D eigenvalue weighted by Crippen LogP contribution is 2.15. The molecule has 0 bridgehead atoms. The number of halogens is 1. The van der Waals surface area contributed by atoms with E-state index >= 15 is 0 Å². The summed E-state index contributed by atoms with van der Waals surface area (Å²) in [6.07, 6.45) is 1.27. The lowest BCUT2D eigenvalue weighted by molar-refractivity contribution is -0.392. The number of rotatable bonds is 3. The van der Waals surface area contributed by atoms with Gasteiger partial charge >= 0.3 is 5.82 Å². The van der Waals surface area contributed by atoms with Crippen LogP contribution in [-0.2, 0) is 6.54 Å². The molecule has 0 atom stereocenters. The van der Waals surface area contributed by atoms with E-state index in [1.165, 1.54) is 24.4 Å². The highest BCUT2D eigenvalue weighted by atomic mass is 19.1. The Morgan fingerprint density at radius 1 is 1.50 bits per heavy atom. The van der Waals surface area contributed by atoms with E-state index in [-0.39, 0.29) is 17.9 Å². The Morgan fingerprint density at radius 3 is 2.94 bits per heavy atom. The highest BCUT2D eigenvalue weighted by molar-refractivity contribution is 5.34. The number of hydrogen-bond acceptors (Lipinski definition) is 4. The van der Waals surface area contributed by atoms with Crippen molar-refractivity contribution in [3.8, 4) is 6.07 Å². The number of nitriles is 1. The Kier molecular flexibility index (Phi) is 3.02. The Hall–Kier alpha value is -2.75. The van der Waals surface area contributed by atoms with E-state index in [1.807, 2.05) is 6.07 Å². The lowest BCUT2D eigenvalue weighted by Gasteiger charge is -2.02. The summed E-state index contributed by atoms with van der Waals surface area (Å²) in [7, 11) is 0. The smallest absolute Gasteiger partial charge is 0.345 e. The van der Waals surface area contributed by atoms with Crippen LogP contribution in [0, 0.1) is 27.3 Å². The van der Waals surface area contributed by atoms with Crippen molar-refractivity contribution in [2.24, 2.45) is 0 Å². The zero-order chi connectivity index (χ0) is 13.1. The van der Waals surface area contributed by atoms with Gasteiger partial charge in [-0.15, -0.1) is 4.68 Å². The van der Waals surface area contributed by atoms with Crippen LogP contribution in [0.5, 0.6) is 0 Å². The lowest BCUT2D eigenvalue weighted by atomic mass is 10.1. The van der Waals surface area contributed by atoms with Crippen LogP contribution in [0.4, 0.5) is 10.2 Å². The predicted octanol–water partition coefficient (Wildman–Crippen LogP) is 1.85. The second-order valence-electron chi connectivity index (χ2n) is 3.52.